The molecule has 0 aromatic carbocycles. The van der Waals surface area contributed by atoms with Gasteiger partial charge in [-0.3, -0.25) is 0 Å². The Morgan fingerprint density at radius 1 is 1.19 bits per heavy atom. The first-order valence-corrected chi connectivity index (χ1v) is 5.54. The second kappa shape index (κ2) is 4.92. The van der Waals surface area contributed by atoms with Gasteiger partial charge >= 0.3 is 5.97 Å². The molecule has 106 valence electrons. The number of carbonyl (C=O) groups is 1. The summed E-state index contributed by atoms with van der Waals surface area (Å²) in [5.41, 5.74) is 5.62. The van der Waals surface area contributed by atoms with Gasteiger partial charge in [0, 0.05) is 0 Å². The zero-order chi connectivity index (χ0) is 14.8. The Morgan fingerprint density at radius 2 is 1.95 bits per heavy atom. The first kappa shape index (κ1) is 12.6. The van der Waals surface area contributed by atoms with Gasteiger partial charge in [0.2, 0.25) is 5.95 Å². The molecular formula is C9H8N10O2. The van der Waals surface area contributed by atoms with E-state index in [-0.39, 0.29) is 23.7 Å². The summed E-state index contributed by atoms with van der Waals surface area (Å²) in [5, 5.41) is 7.78. The second-order valence-corrected chi connectivity index (χ2v) is 3.64. The number of ether oxygens (including phenoxy) is 1. The molecule has 0 aliphatic heterocycles. The van der Waals surface area contributed by atoms with Crippen LogP contribution in [0.5, 0.6) is 0 Å². The molecule has 0 amide bonds. The number of anilines is 1. The fourth-order valence-corrected chi connectivity index (χ4v) is 1.43. The average molecular weight is 288 g/mol. The number of rotatable bonds is 3. The Kier molecular flexibility index (Phi) is 2.95. The maximum Gasteiger partial charge on any atom is 0.377 e. The molecule has 0 aliphatic carbocycles. The van der Waals surface area contributed by atoms with Crippen molar-refractivity contribution in [3.05, 3.63) is 24.8 Å². The van der Waals surface area contributed by atoms with Crippen molar-refractivity contribution in [2.45, 2.75) is 0 Å². The molecule has 0 atom stereocenters. The summed E-state index contributed by atoms with van der Waals surface area (Å²) in [6.45, 7) is 0. The third-order valence-corrected chi connectivity index (χ3v) is 2.32. The third-order valence-electron chi connectivity index (χ3n) is 2.32. The lowest BCUT2D eigenvalue weighted by atomic mass is 10.6. The summed E-state index contributed by atoms with van der Waals surface area (Å²) >= 11 is 0. The van der Waals surface area contributed by atoms with Gasteiger partial charge in [-0.1, -0.05) is 0 Å². The normalized spacial score (nSPS) is 10.5. The lowest BCUT2D eigenvalue weighted by Crippen LogP contribution is -2.12. The number of aromatic nitrogens is 9. The van der Waals surface area contributed by atoms with Crippen LogP contribution in [0.2, 0.25) is 0 Å². The minimum Gasteiger partial charge on any atom is -0.463 e. The van der Waals surface area contributed by atoms with Crippen molar-refractivity contribution in [2.24, 2.45) is 0 Å². The van der Waals surface area contributed by atoms with Crippen LogP contribution in [0.4, 0.5) is 5.95 Å². The fraction of sp³-hybridized carbons (Fsp3) is 0.111. The molecule has 0 aliphatic rings. The van der Waals surface area contributed by atoms with Crippen LogP contribution < -0.4 is 5.73 Å². The Hall–Kier alpha value is -3.44. The minimum atomic E-state index is -0.674. The van der Waals surface area contributed by atoms with Gasteiger partial charge in [0.05, 0.1) is 7.11 Å². The molecule has 0 radical (unpaired) electrons. The highest BCUT2D eigenvalue weighted by Gasteiger charge is 2.15. The Bertz CT molecular complexity index is 780. The van der Waals surface area contributed by atoms with Crippen LogP contribution in [0.3, 0.4) is 0 Å². The van der Waals surface area contributed by atoms with Gasteiger partial charge in [0.1, 0.15) is 19.0 Å². The molecule has 0 bridgehead atoms. The highest BCUT2D eigenvalue weighted by atomic mass is 16.5. The van der Waals surface area contributed by atoms with Crippen LogP contribution in [0.15, 0.2) is 19.0 Å². The first-order valence-electron chi connectivity index (χ1n) is 5.54. The van der Waals surface area contributed by atoms with E-state index < -0.39 is 5.97 Å². The van der Waals surface area contributed by atoms with Crippen molar-refractivity contribution in [1.82, 2.24) is 44.5 Å². The molecule has 0 saturated heterocycles. The smallest absolute Gasteiger partial charge is 0.377 e. The predicted octanol–water partition coefficient (Wildman–Crippen LogP) is -1.60. The topological polar surface area (TPSA) is 152 Å². The average Bonchev–Trinajstić information content (AvgIpc) is 3.17. The van der Waals surface area contributed by atoms with Crippen molar-refractivity contribution in [3.63, 3.8) is 0 Å². The number of hydrogen-bond donors (Lipinski definition) is 1. The van der Waals surface area contributed by atoms with Gasteiger partial charge in [-0.15, -0.1) is 5.10 Å². The molecule has 0 spiro atoms. The molecule has 3 aromatic rings. The number of carbonyl (C=O) groups excluding carboxylic acids is 1. The lowest BCUT2D eigenvalue weighted by molar-refractivity contribution is 0.0587. The van der Waals surface area contributed by atoms with Crippen LogP contribution in [-0.2, 0) is 4.74 Å². The van der Waals surface area contributed by atoms with Gasteiger partial charge in [0.15, 0.2) is 0 Å². The van der Waals surface area contributed by atoms with Gasteiger partial charge in [-0.05, 0) is 0 Å². The molecule has 3 aromatic heterocycles. The summed E-state index contributed by atoms with van der Waals surface area (Å²) in [7, 11) is 1.23. The van der Waals surface area contributed by atoms with Crippen LogP contribution >= 0.6 is 0 Å². The van der Waals surface area contributed by atoms with Gasteiger partial charge < -0.3 is 10.5 Å². The van der Waals surface area contributed by atoms with Crippen molar-refractivity contribution in [3.8, 4) is 11.9 Å². The van der Waals surface area contributed by atoms with Crippen LogP contribution in [0, 0.1) is 0 Å². The van der Waals surface area contributed by atoms with Gasteiger partial charge in [-0.2, -0.15) is 29.4 Å². The summed E-state index contributed by atoms with van der Waals surface area (Å²) in [5.74, 6) is -0.604. The van der Waals surface area contributed by atoms with E-state index in [0.717, 1.165) is 0 Å². The van der Waals surface area contributed by atoms with E-state index in [0.29, 0.717) is 0 Å². The van der Waals surface area contributed by atoms with E-state index in [4.69, 9.17) is 5.73 Å². The maximum atomic E-state index is 11.3. The molecule has 0 saturated carbocycles. The Balaban J connectivity index is 2.02. The quantitative estimate of drug-likeness (QED) is 0.557. The monoisotopic (exact) mass is 288 g/mol. The molecule has 0 unspecified atom stereocenters. The lowest BCUT2D eigenvalue weighted by Gasteiger charge is -2.03. The molecule has 3 rings (SSSR count). The zero-order valence-corrected chi connectivity index (χ0v) is 10.7. The Morgan fingerprint density at radius 3 is 2.62 bits per heavy atom. The summed E-state index contributed by atoms with van der Waals surface area (Å²) < 4.78 is 6.99. The third kappa shape index (κ3) is 2.36. The van der Waals surface area contributed by atoms with Gasteiger partial charge in [0.25, 0.3) is 17.7 Å². The van der Waals surface area contributed by atoms with E-state index >= 15 is 0 Å². The SMILES string of the molecule is COC(=O)c1ncn(-c2nc(N)nc(-n3cncn3)n2)n1. The number of nitrogens with zero attached hydrogens (tertiary/aromatic N) is 9. The number of nitrogens with two attached hydrogens (primary N) is 1. The highest BCUT2D eigenvalue weighted by Crippen LogP contribution is 2.05. The minimum absolute atomic E-state index is 0.0411. The van der Waals surface area contributed by atoms with Crippen LogP contribution in [0.1, 0.15) is 10.6 Å². The fourth-order valence-electron chi connectivity index (χ4n) is 1.43. The second-order valence-electron chi connectivity index (χ2n) is 3.64. The largest absolute Gasteiger partial charge is 0.463 e. The molecule has 12 heteroatoms. The molecule has 3 heterocycles. The van der Waals surface area contributed by atoms with Crippen LogP contribution in [-0.4, -0.2) is 57.6 Å². The van der Waals surface area contributed by atoms with Crippen LogP contribution in [0.25, 0.3) is 11.9 Å². The van der Waals surface area contributed by atoms with Gasteiger partial charge in [-0.25, -0.2) is 14.8 Å². The molecule has 2 N–H and O–H groups in total. The van der Waals surface area contributed by atoms with Crippen molar-refractivity contribution in [2.75, 3.05) is 12.8 Å². The predicted molar refractivity (Wildman–Crippen MR) is 65.4 cm³/mol. The standard InChI is InChI=1S/C9H8N10O2/c1-21-6(20)5-12-4-19(17-5)9-15-7(10)14-8(16-9)18-3-11-2-13-18/h2-4H,1H3,(H2,10,14,15,16). The summed E-state index contributed by atoms with van der Waals surface area (Å²) in [4.78, 5) is 30.8. The summed E-state index contributed by atoms with van der Waals surface area (Å²) in [6.07, 6.45) is 3.98. The molecule has 21 heavy (non-hydrogen) atoms. The molecule has 0 fully saturated rings. The van der Waals surface area contributed by atoms with E-state index in [1.807, 2.05) is 0 Å². The number of hydrogen-bond acceptors (Lipinski definition) is 10. The van der Waals surface area contributed by atoms with E-state index in [1.54, 1.807) is 0 Å². The van der Waals surface area contributed by atoms with E-state index in [9.17, 15) is 4.79 Å². The first-order chi connectivity index (χ1) is 10.2. The number of esters is 1. The Labute approximate surface area is 116 Å². The zero-order valence-electron chi connectivity index (χ0n) is 10.7. The maximum absolute atomic E-state index is 11.3. The van der Waals surface area contributed by atoms with E-state index in [2.05, 4.69) is 39.9 Å². The number of methoxy groups -OCH3 is 1. The van der Waals surface area contributed by atoms with Crippen molar-refractivity contribution in [1.29, 1.82) is 0 Å². The number of nitrogen functional groups attached to an aromatic ring is 1. The van der Waals surface area contributed by atoms with Crippen molar-refractivity contribution < 1.29 is 9.53 Å². The highest BCUT2D eigenvalue weighted by molar-refractivity contribution is 5.84. The summed E-state index contributed by atoms with van der Waals surface area (Å²) in [6, 6.07) is 0. The molecular weight excluding hydrogens is 280 g/mol. The van der Waals surface area contributed by atoms with E-state index in [1.165, 1.54) is 35.5 Å². The molecule has 12 nitrogen and oxygen atoms in total. The van der Waals surface area contributed by atoms with Crippen molar-refractivity contribution >= 4 is 11.9 Å².